The van der Waals surface area contributed by atoms with Crippen LogP contribution < -0.4 is 0 Å². The van der Waals surface area contributed by atoms with Gasteiger partial charge in [0.25, 0.3) is 0 Å². The van der Waals surface area contributed by atoms with E-state index in [-0.39, 0.29) is 220 Å². The second-order valence-electron chi connectivity index (χ2n) is 50.8. The fourth-order valence-corrected chi connectivity index (χ4v) is 29.7. The summed E-state index contributed by atoms with van der Waals surface area (Å²) in [7, 11) is 0. The van der Waals surface area contributed by atoms with Gasteiger partial charge in [0.05, 0.1) is 62.6 Å². The van der Waals surface area contributed by atoms with Gasteiger partial charge in [0, 0.05) is 24.7 Å². The molecule has 0 radical (unpaired) electrons. The Labute approximate surface area is 882 Å². The highest BCUT2D eigenvalue weighted by molar-refractivity contribution is 5.84. The third kappa shape index (κ3) is 28.8. The van der Waals surface area contributed by atoms with Crippen molar-refractivity contribution in [2.24, 2.45) is 156 Å². The Kier molecular flexibility index (Phi) is 48.2. The third-order valence-corrected chi connectivity index (χ3v) is 38.7. The van der Waals surface area contributed by atoms with Crippen LogP contribution in [0.1, 0.15) is 472 Å². The molecule has 145 heavy (non-hydrogen) atoms. The van der Waals surface area contributed by atoms with Gasteiger partial charge in [0.1, 0.15) is 35.1 Å². The Bertz CT molecular complexity index is 4120. The maximum Gasteiger partial charge on any atom is 0.347 e. The van der Waals surface area contributed by atoms with Crippen LogP contribution in [0, 0.1) is 156 Å². The summed E-state index contributed by atoms with van der Waals surface area (Å²) in [5, 5.41) is 10.6. The fraction of sp³-hybridized carbons (Fsp3) is 0.909. The minimum absolute atomic E-state index is 0. The highest BCUT2D eigenvalue weighted by atomic mass is 16.7. The van der Waals surface area contributed by atoms with E-state index in [0.717, 1.165) is 144 Å². The van der Waals surface area contributed by atoms with E-state index in [2.05, 4.69) is 20.8 Å². The van der Waals surface area contributed by atoms with Gasteiger partial charge in [-0.25, -0.2) is 14.4 Å². The highest BCUT2D eigenvalue weighted by Crippen LogP contribution is 2.67. The summed E-state index contributed by atoms with van der Waals surface area (Å²) in [6.45, 7) is 41.3. The molecular weight excluding hydrogens is 1840 g/mol. The van der Waals surface area contributed by atoms with Gasteiger partial charge >= 0.3 is 65.7 Å². The molecule has 0 aromatic carbocycles. The zero-order valence-electron chi connectivity index (χ0n) is 85.2. The molecule has 846 valence electrons. The standard InChI is InChI=1S/C30H46O5.C19H30O4.C18H30O2.C16H22O6.C16H26O3.C10H16O4.12CH4/c1-5-28(3,4)26(31)35-25-23-9-22-10-24(25)16-30(14-22,15-23)27(32)34-18(2)33-17-29-11-19-6-20(12-29)8-21(7-19)13-29;1-5-18(2,3)17(21)22-11-16(20)23-19(4)14-7-12-6-13(9-14)10-15(19)8-12;1-5-17(3,4)16(19)20-18(6-2)14-8-12-7-13(10-14)11-15(18)9-12;1-4-16(2,3)15(19)20-7-11(17)21-12-8-5-9-10(6-8)14(18)22-13(9)12;1-4-14(2,3)13(17)19-16-8-11-5-12(9-16)7-15(18,6-11)10-16;1-4-10(2,3)9(12)14-7-5-6-13-8(7)11;;;;;;;;;;;;/h18-25H,5-17H2,1-4H3;12-15H,5-11H2,1-4H3;12-15H,5-11H2,1-4H3;8-10,12-13H,4-7H2,1-3H3;11-12,18H,4-10H2,1-3H3;7H,4-6H2,1-3H3;12*1H4. The molecule has 11 atom stereocenters. The molecule has 22 aliphatic carbocycles. The minimum Gasteiger partial charge on any atom is -0.463 e. The number of esters is 11. The topological polar surface area (TPSA) is 319 Å². The van der Waals surface area contributed by atoms with Crippen LogP contribution in [0.3, 0.4) is 0 Å². The van der Waals surface area contributed by atoms with E-state index >= 15 is 0 Å². The molecule has 2 heterocycles. The summed E-state index contributed by atoms with van der Waals surface area (Å²) in [4.78, 5) is 134. The van der Waals surface area contributed by atoms with E-state index in [1.807, 2.05) is 96.9 Å². The lowest BCUT2D eigenvalue weighted by molar-refractivity contribution is -0.225. The van der Waals surface area contributed by atoms with Gasteiger partial charge in [-0.1, -0.05) is 138 Å². The first-order valence-electron chi connectivity index (χ1n) is 52.9. The minimum atomic E-state index is -0.687. The van der Waals surface area contributed by atoms with Crippen LogP contribution >= 0.6 is 0 Å². The first-order valence-corrected chi connectivity index (χ1v) is 52.9. The monoisotopic (exact) mass is 2060 g/mol. The van der Waals surface area contributed by atoms with Gasteiger partial charge in [0.2, 0.25) is 6.10 Å². The zero-order chi connectivity index (χ0) is 96.7. The van der Waals surface area contributed by atoms with Crippen LogP contribution in [0.5, 0.6) is 0 Å². The molecule has 24 fully saturated rings. The fourth-order valence-electron chi connectivity index (χ4n) is 29.7. The van der Waals surface area contributed by atoms with Gasteiger partial charge < -0.3 is 61.9 Å². The van der Waals surface area contributed by atoms with E-state index in [0.29, 0.717) is 85.6 Å². The van der Waals surface area contributed by atoms with Crippen molar-refractivity contribution in [1.29, 1.82) is 0 Å². The molecule has 0 spiro atoms. The second-order valence-corrected chi connectivity index (χ2v) is 50.8. The SMILES string of the molecule is C.C.C.C.C.C.C.C.C.C.C.C.CCC(C)(C)C(=O)OC1(CC)C2CC3CC(C2)CC1C3.CCC(C)(C)C(=O)OC12CC3CC(CC(O)(C3)C1)C2.CCC(C)(C)C(=O)OC1C2CC3CC1CC(C(=O)OC(C)OCC14CC5CC(CC(C5)C1)C4)(C3)C2.CCC(C)(C)C(=O)OC1CCOC1=O.CCC(C)(C)C(=O)OCC(=O)OC1(C)C2CC3CC(C2)CC1C3.CCC(C)(C)C(=O)OCC(=O)OC1C2CC3C(=O)OC1C3C2. The first-order chi connectivity index (χ1) is 62.3. The molecule has 2 aliphatic heterocycles. The predicted octanol–water partition coefficient (Wildman–Crippen LogP) is 28.0. The maximum atomic E-state index is 13.6. The number of hydrogen-bond acceptors (Lipinski definition) is 24. The summed E-state index contributed by atoms with van der Waals surface area (Å²) in [6, 6.07) is 0. The van der Waals surface area contributed by atoms with Gasteiger partial charge in [-0.05, 0) is 422 Å². The van der Waals surface area contributed by atoms with Crippen molar-refractivity contribution in [3.8, 4) is 0 Å². The molecule has 24 aliphatic rings. The molecule has 24 nitrogen and oxygen atoms in total. The van der Waals surface area contributed by atoms with Crippen LogP contribution in [0.2, 0.25) is 0 Å². The maximum absolute atomic E-state index is 13.6. The number of hydrogen-bond donors (Lipinski definition) is 1. The van der Waals surface area contributed by atoms with Crippen LogP contribution in [0.4, 0.5) is 0 Å². The van der Waals surface area contributed by atoms with Crippen LogP contribution in [-0.2, 0) is 110 Å². The van der Waals surface area contributed by atoms with Crippen molar-refractivity contribution < 1.29 is 115 Å². The molecule has 11 unspecified atom stereocenters. The first kappa shape index (κ1) is 135. The average Bonchev–Trinajstić information content (AvgIpc) is 1.72. The van der Waals surface area contributed by atoms with Crippen LogP contribution in [-0.4, -0.2) is 150 Å². The van der Waals surface area contributed by atoms with Crippen molar-refractivity contribution in [3.63, 3.8) is 0 Å². The van der Waals surface area contributed by atoms with Crippen molar-refractivity contribution in [3.05, 3.63) is 0 Å². The predicted molar refractivity (Wildman–Crippen MR) is 576 cm³/mol. The average molecular weight is 2060 g/mol. The number of rotatable bonds is 28. The summed E-state index contributed by atoms with van der Waals surface area (Å²) in [6.07, 6.45) is 37.0. The number of fused-ring (bicyclic) bond motifs is 1. The van der Waals surface area contributed by atoms with Crippen molar-refractivity contribution in [2.75, 3.05) is 26.4 Å². The van der Waals surface area contributed by atoms with Crippen molar-refractivity contribution in [2.45, 2.75) is 525 Å². The normalized spacial score (nSPS) is 36.4. The lowest BCUT2D eigenvalue weighted by Crippen LogP contribution is -2.61. The van der Waals surface area contributed by atoms with Gasteiger partial charge in [-0.15, -0.1) is 0 Å². The molecule has 0 aromatic rings. The lowest BCUT2D eigenvalue weighted by Gasteiger charge is -2.60. The molecule has 24 heteroatoms. The largest absolute Gasteiger partial charge is 0.463 e. The second kappa shape index (κ2) is 51.7. The molecule has 24 rings (SSSR count). The van der Waals surface area contributed by atoms with E-state index < -0.39 is 68.4 Å². The summed E-state index contributed by atoms with van der Waals surface area (Å²) in [5.41, 5.74) is -4.34. The molecule has 0 aromatic heterocycles. The summed E-state index contributed by atoms with van der Waals surface area (Å²) < 4.78 is 67.3. The van der Waals surface area contributed by atoms with Gasteiger partial charge in [0.15, 0.2) is 19.5 Å². The zero-order valence-corrected chi connectivity index (χ0v) is 85.2. The number of carbonyl (C=O) groups excluding carboxylic acids is 11. The Morgan fingerprint density at radius 2 is 0.786 bits per heavy atom. The van der Waals surface area contributed by atoms with E-state index in [1.54, 1.807) is 27.7 Å². The Hall–Kier alpha value is -5.91. The molecular formula is C121H218O24. The van der Waals surface area contributed by atoms with Crippen molar-refractivity contribution >= 4 is 65.7 Å². The number of carbonyl (C=O) groups is 11. The third-order valence-electron chi connectivity index (χ3n) is 38.7. The van der Waals surface area contributed by atoms with E-state index in [9.17, 15) is 57.8 Å². The van der Waals surface area contributed by atoms with Crippen LogP contribution in [0.25, 0.3) is 0 Å². The number of cyclic esters (lactones) is 1. The molecule has 22 bridgehead atoms. The van der Waals surface area contributed by atoms with Gasteiger partial charge in [-0.3, -0.25) is 38.4 Å². The van der Waals surface area contributed by atoms with E-state index in [1.165, 1.54) is 109 Å². The molecule has 22 saturated carbocycles. The quantitative estimate of drug-likeness (QED) is 0.0432. The lowest BCUT2D eigenvalue weighted by atomic mass is 9.48. The smallest absolute Gasteiger partial charge is 0.347 e. The molecule has 2 saturated heterocycles. The van der Waals surface area contributed by atoms with E-state index in [4.69, 9.17) is 56.8 Å². The Morgan fingerprint density at radius 3 is 1.21 bits per heavy atom. The number of ether oxygens (including phenoxy) is 12. The molecule has 1 N–H and O–H groups in total. The Morgan fingerprint density at radius 1 is 0.393 bits per heavy atom. The van der Waals surface area contributed by atoms with Crippen LogP contribution in [0.15, 0.2) is 0 Å². The van der Waals surface area contributed by atoms with Gasteiger partial charge in [-0.2, -0.15) is 0 Å². The molecule has 0 amide bonds. The summed E-state index contributed by atoms with van der Waals surface area (Å²) >= 11 is 0. The van der Waals surface area contributed by atoms with Crippen molar-refractivity contribution in [1.82, 2.24) is 0 Å². The highest BCUT2D eigenvalue weighted by Gasteiger charge is 2.67. The summed E-state index contributed by atoms with van der Waals surface area (Å²) in [5.74, 6) is 8.32. The Balaban J connectivity index is 0.000000590. The number of aliphatic hydroxyl groups is 1.